The zero-order valence-corrected chi connectivity index (χ0v) is 12.3. The van der Waals surface area contributed by atoms with E-state index in [4.69, 9.17) is 0 Å². The molecule has 0 heterocycles. The van der Waals surface area contributed by atoms with E-state index in [-0.39, 0.29) is 5.78 Å². The molecule has 0 aliphatic heterocycles. The maximum Gasteiger partial charge on any atom is 0.196 e. The molecular formula is C17H18N2O. The molecule has 20 heavy (non-hydrogen) atoms. The Labute approximate surface area is 119 Å². The lowest BCUT2D eigenvalue weighted by Crippen LogP contribution is -2.19. The first-order valence-corrected chi connectivity index (χ1v) is 6.68. The van der Waals surface area contributed by atoms with Crippen molar-refractivity contribution in [2.75, 3.05) is 38.0 Å². The molecule has 0 saturated carbocycles. The number of anilines is 2. The highest BCUT2D eigenvalue weighted by Crippen LogP contribution is 2.44. The fourth-order valence-electron chi connectivity index (χ4n) is 2.90. The fourth-order valence-corrected chi connectivity index (χ4v) is 2.90. The Morgan fingerprint density at radius 2 is 1.40 bits per heavy atom. The van der Waals surface area contributed by atoms with Gasteiger partial charge in [-0.2, -0.15) is 0 Å². The minimum Gasteiger partial charge on any atom is -0.376 e. The summed E-state index contributed by atoms with van der Waals surface area (Å²) in [6, 6.07) is 12.0. The van der Waals surface area contributed by atoms with E-state index in [1.54, 1.807) is 0 Å². The van der Waals surface area contributed by atoms with Gasteiger partial charge in [0.05, 0.1) is 16.9 Å². The second-order valence-corrected chi connectivity index (χ2v) is 5.52. The maximum atomic E-state index is 12.7. The summed E-state index contributed by atoms with van der Waals surface area (Å²) in [7, 11) is 7.97. The number of nitrogens with zero attached hydrogens (tertiary/aromatic N) is 2. The van der Waals surface area contributed by atoms with Crippen LogP contribution >= 0.6 is 0 Å². The third-order valence-corrected chi connectivity index (χ3v) is 3.77. The Morgan fingerprint density at radius 3 is 2.00 bits per heavy atom. The lowest BCUT2D eigenvalue weighted by Gasteiger charge is -2.25. The van der Waals surface area contributed by atoms with E-state index in [1.807, 2.05) is 62.3 Å². The van der Waals surface area contributed by atoms with Gasteiger partial charge in [0.1, 0.15) is 0 Å². The lowest BCUT2D eigenvalue weighted by molar-refractivity contribution is 0.104. The average molecular weight is 266 g/mol. The van der Waals surface area contributed by atoms with Crippen LogP contribution in [0.15, 0.2) is 36.4 Å². The maximum absolute atomic E-state index is 12.7. The number of rotatable bonds is 2. The fraction of sp³-hybridized carbons (Fsp3) is 0.235. The van der Waals surface area contributed by atoms with E-state index < -0.39 is 0 Å². The molecule has 102 valence electrons. The van der Waals surface area contributed by atoms with Gasteiger partial charge in [0.2, 0.25) is 0 Å². The van der Waals surface area contributed by atoms with E-state index in [1.165, 1.54) is 0 Å². The highest BCUT2D eigenvalue weighted by molar-refractivity contribution is 6.25. The van der Waals surface area contributed by atoms with Crippen molar-refractivity contribution in [3.05, 3.63) is 47.5 Å². The summed E-state index contributed by atoms with van der Waals surface area (Å²) in [5.41, 5.74) is 5.77. The summed E-state index contributed by atoms with van der Waals surface area (Å²) in [5.74, 6) is 0.128. The van der Waals surface area contributed by atoms with Crippen LogP contribution in [-0.4, -0.2) is 34.0 Å². The molecule has 2 aromatic carbocycles. The Hall–Kier alpha value is -2.29. The van der Waals surface area contributed by atoms with Gasteiger partial charge in [0, 0.05) is 33.8 Å². The molecule has 0 amide bonds. The normalized spacial score (nSPS) is 12.1. The molecule has 1 aliphatic rings. The zero-order valence-electron chi connectivity index (χ0n) is 12.3. The van der Waals surface area contributed by atoms with E-state index >= 15 is 0 Å². The number of hydrogen-bond donors (Lipinski definition) is 0. The van der Waals surface area contributed by atoms with Crippen molar-refractivity contribution in [3.63, 3.8) is 0 Å². The molecule has 0 atom stereocenters. The molecule has 0 unspecified atom stereocenters. The Bertz CT molecular complexity index is 702. The smallest absolute Gasteiger partial charge is 0.196 e. The molecule has 1 aliphatic carbocycles. The van der Waals surface area contributed by atoms with Crippen LogP contribution in [0.3, 0.4) is 0 Å². The number of fused-ring (bicyclic) bond motifs is 3. The molecule has 0 spiro atoms. The summed E-state index contributed by atoms with van der Waals surface area (Å²) in [6.07, 6.45) is 0. The second kappa shape index (κ2) is 4.37. The van der Waals surface area contributed by atoms with Crippen molar-refractivity contribution in [1.29, 1.82) is 0 Å². The molecule has 0 aromatic heterocycles. The van der Waals surface area contributed by atoms with Gasteiger partial charge in [0.25, 0.3) is 0 Å². The van der Waals surface area contributed by atoms with Crippen LogP contribution in [0.4, 0.5) is 11.4 Å². The number of benzene rings is 2. The molecule has 0 bridgehead atoms. The van der Waals surface area contributed by atoms with Crippen molar-refractivity contribution in [2.24, 2.45) is 0 Å². The Kier molecular flexibility index (Phi) is 2.78. The summed E-state index contributed by atoms with van der Waals surface area (Å²) in [5, 5.41) is 0. The van der Waals surface area contributed by atoms with E-state index in [0.29, 0.717) is 0 Å². The number of ketones is 1. The predicted molar refractivity (Wildman–Crippen MR) is 84.0 cm³/mol. The summed E-state index contributed by atoms with van der Waals surface area (Å²) < 4.78 is 0. The van der Waals surface area contributed by atoms with Crippen LogP contribution in [0, 0.1) is 0 Å². The summed E-state index contributed by atoms with van der Waals surface area (Å²) in [4.78, 5) is 16.8. The number of carbonyl (C=O) groups excluding carboxylic acids is 1. The first-order valence-electron chi connectivity index (χ1n) is 6.68. The minimum atomic E-state index is 0.128. The van der Waals surface area contributed by atoms with E-state index in [0.717, 1.165) is 33.6 Å². The average Bonchev–Trinajstić information content (AvgIpc) is 2.72. The van der Waals surface area contributed by atoms with Gasteiger partial charge in [-0.25, -0.2) is 0 Å². The van der Waals surface area contributed by atoms with E-state index in [2.05, 4.69) is 12.1 Å². The van der Waals surface area contributed by atoms with Gasteiger partial charge in [-0.3, -0.25) is 4.79 Å². The first-order chi connectivity index (χ1) is 9.52. The van der Waals surface area contributed by atoms with Crippen LogP contribution in [0.5, 0.6) is 0 Å². The Balaban J connectivity index is 2.35. The zero-order chi connectivity index (χ0) is 14.4. The monoisotopic (exact) mass is 266 g/mol. The molecule has 3 rings (SSSR count). The van der Waals surface area contributed by atoms with Crippen LogP contribution < -0.4 is 9.80 Å². The van der Waals surface area contributed by atoms with Gasteiger partial charge in [-0.1, -0.05) is 30.3 Å². The Morgan fingerprint density at radius 1 is 0.750 bits per heavy atom. The van der Waals surface area contributed by atoms with Gasteiger partial charge in [-0.05, 0) is 17.2 Å². The SMILES string of the molecule is CN(C)c1ccc2c(c1N(C)C)C(=O)c1ccccc1-2. The van der Waals surface area contributed by atoms with Gasteiger partial charge < -0.3 is 9.80 Å². The third kappa shape index (κ3) is 1.63. The first kappa shape index (κ1) is 12.7. The molecule has 3 nitrogen and oxygen atoms in total. The third-order valence-electron chi connectivity index (χ3n) is 3.77. The number of carbonyl (C=O) groups is 1. The standard InChI is InChI=1S/C17H18N2O/c1-18(2)14-10-9-12-11-7-5-6-8-13(11)17(20)15(12)16(14)19(3)4/h5-10H,1-4H3. The largest absolute Gasteiger partial charge is 0.376 e. The molecule has 0 fully saturated rings. The molecule has 0 saturated heterocycles. The van der Waals surface area contributed by atoms with Crippen molar-refractivity contribution in [1.82, 2.24) is 0 Å². The van der Waals surface area contributed by atoms with Gasteiger partial charge >= 0.3 is 0 Å². The molecular weight excluding hydrogens is 248 g/mol. The molecule has 3 heteroatoms. The van der Waals surface area contributed by atoms with Crippen molar-refractivity contribution >= 4 is 17.2 Å². The molecule has 0 N–H and O–H groups in total. The second-order valence-electron chi connectivity index (χ2n) is 5.52. The summed E-state index contributed by atoms with van der Waals surface area (Å²) >= 11 is 0. The quantitative estimate of drug-likeness (QED) is 0.712. The van der Waals surface area contributed by atoms with Crippen LogP contribution in [0.2, 0.25) is 0 Å². The van der Waals surface area contributed by atoms with Gasteiger partial charge in [0.15, 0.2) is 5.78 Å². The lowest BCUT2D eigenvalue weighted by atomic mass is 10.0. The van der Waals surface area contributed by atoms with Crippen LogP contribution in [0.25, 0.3) is 11.1 Å². The van der Waals surface area contributed by atoms with Crippen molar-refractivity contribution in [3.8, 4) is 11.1 Å². The molecule has 0 radical (unpaired) electrons. The number of hydrogen-bond acceptors (Lipinski definition) is 3. The highest BCUT2D eigenvalue weighted by Gasteiger charge is 2.31. The highest BCUT2D eigenvalue weighted by atomic mass is 16.1. The molecule has 2 aromatic rings. The van der Waals surface area contributed by atoms with Crippen LogP contribution in [0.1, 0.15) is 15.9 Å². The van der Waals surface area contributed by atoms with Crippen molar-refractivity contribution < 1.29 is 4.79 Å². The van der Waals surface area contributed by atoms with Crippen molar-refractivity contribution in [2.45, 2.75) is 0 Å². The van der Waals surface area contributed by atoms with E-state index in [9.17, 15) is 4.79 Å². The summed E-state index contributed by atoms with van der Waals surface area (Å²) in [6.45, 7) is 0. The minimum absolute atomic E-state index is 0.128. The topological polar surface area (TPSA) is 23.6 Å². The van der Waals surface area contributed by atoms with Crippen LogP contribution in [-0.2, 0) is 0 Å². The predicted octanol–water partition coefficient (Wildman–Crippen LogP) is 3.03. The van der Waals surface area contributed by atoms with Gasteiger partial charge in [-0.15, -0.1) is 0 Å².